The summed E-state index contributed by atoms with van der Waals surface area (Å²) in [4.78, 5) is 9.03. The molecule has 0 heterocycles. The molecule has 20 heavy (non-hydrogen) atoms. The molecule has 0 fully saturated rings. The van der Waals surface area contributed by atoms with E-state index in [4.69, 9.17) is 14.6 Å². The molecule has 0 aromatic rings. The zero-order valence-corrected chi connectivity index (χ0v) is 13.9. The highest BCUT2D eigenvalue weighted by Crippen LogP contribution is 2.08. The van der Waals surface area contributed by atoms with Crippen molar-refractivity contribution in [2.75, 3.05) is 47.0 Å². The molecule has 0 atom stereocenters. The van der Waals surface area contributed by atoms with Gasteiger partial charge >= 0.3 is 0 Å². The number of hydrogen-bond acceptors (Lipinski definition) is 4. The third-order valence-corrected chi connectivity index (χ3v) is 3.25. The van der Waals surface area contributed by atoms with Gasteiger partial charge < -0.3 is 23.9 Å². The van der Waals surface area contributed by atoms with Crippen LogP contribution in [0.3, 0.4) is 0 Å². The fourth-order valence-electron chi connectivity index (χ4n) is 1.84. The van der Waals surface area contributed by atoms with Crippen LogP contribution in [0, 0.1) is 0 Å². The maximum Gasteiger partial charge on any atom is 0.251 e. The van der Waals surface area contributed by atoms with Crippen LogP contribution >= 0.6 is 0 Å². The number of methoxy groups -OCH3 is 1. The molecule has 0 unspecified atom stereocenters. The van der Waals surface area contributed by atoms with E-state index in [-0.39, 0.29) is 0 Å². The highest BCUT2D eigenvalue weighted by atomic mass is 16.6. The molecule has 0 saturated carbocycles. The van der Waals surface area contributed by atoms with Crippen molar-refractivity contribution in [3.63, 3.8) is 0 Å². The lowest BCUT2D eigenvalue weighted by Crippen LogP contribution is -2.47. The maximum absolute atomic E-state index is 9.03. The van der Waals surface area contributed by atoms with Crippen molar-refractivity contribution in [3.05, 3.63) is 0 Å². The first-order valence-corrected chi connectivity index (χ1v) is 7.62. The summed E-state index contributed by atoms with van der Waals surface area (Å²) in [5.74, 6) is 0. The Morgan fingerprint density at radius 2 is 1.50 bits per heavy atom. The maximum atomic E-state index is 9.03. The molecule has 0 spiro atoms. The van der Waals surface area contributed by atoms with Gasteiger partial charge in [-0.1, -0.05) is 26.7 Å². The molecule has 0 saturated heterocycles. The molecule has 122 valence electrons. The number of unbranched alkanes of at least 4 members (excludes halogenated alkanes) is 2. The number of likely N-dealkylation sites (N-methyl/N-ethyl adjacent to an activating group) is 1. The zero-order chi connectivity index (χ0) is 15.9. The molecule has 0 radical (unpaired) electrons. The first-order chi connectivity index (χ1) is 9.45. The van der Waals surface area contributed by atoms with Gasteiger partial charge in [-0.15, -0.1) is 0 Å². The number of quaternary nitrogens is 1. The summed E-state index contributed by atoms with van der Waals surface area (Å²) in [7, 11) is 3.42. The van der Waals surface area contributed by atoms with Crippen LogP contribution in [0.2, 0.25) is 0 Å². The molecule has 0 amide bonds. The van der Waals surface area contributed by atoms with Gasteiger partial charge in [0.15, 0.2) is 0 Å². The van der Waals surface area contributed by atoms with E-state index >= 15 is 0 Å². The number of carbonyl (C=O) groups is 1. The van der Waals surface area contributed by atoms with Crippen LogP contribution in [-0.4, -0.2) is 57.6 Å². The summed E-state index contributed by atoms with van der Waals surface area (Å²) >= 11 is 0. The van der Waals surface area contributed by atoms with Crippen molar-refractivity contribution in [3.8, 4) is 0 Å². The number of rotatable bonds is 10. The van der Waals surface area contributed by atoms with Crippen LogP contribution in [0.25, 0.3) is 0 Å². The monoisotopic (exact) mass is 291 g/mol. The van der Waals surface area contributed by atoms with E-state index in [2.05, 4.69) is 32.6 Å². The Morgan fingerprint density at radius 1 is 1.05 bits per heavy atom. The summed E-state index contributed by atoms with van der Waals surface area (Å²) in [5.41, 5.74) is 0. The smallest absolute Gasteiger partial charge is 0.251 e. The molecule has 0 aromatic carbocycles. The van der Waals surface area contributed by atoms with Crippen molar-refractivity contribution in [1.82, 2.24) is 0 Å². The van der Waals surface area contributed by atoms with Crippen LogP contribution < -0.4 is 5.11 Å². The van der Waals surface area contributed by atoms with Gasteiger partial charge in [-0.2, -0.15) is 0 Å². The predicted molar refractivity (Wildman–Crippen MR) is 79.5 cm³/mol. The van der Waals surface area contributed by atoms with E-state index < -0.39 is 6.16 Å². The largest absolute Gasteiger partial charge is 0.553 e. The van der Waals surface area contributed by atoms with Crippen LogP contribution in [0.5, 0.6) is 0 Å². The Kier molecular flexibility index (Phi) is 15.7. The van der Waals surface area contributed by atoms with Crippen molar-refractivity contribution < 1.29 is 23.9 Å². The Hall–Kier alpha value is -0.810. The SMILES string of the molecule is CCCC[N+](C)(CCCC)CCOCC.COC(=O)[O-]. The number of ether oxygens (including phenoxy) is 2. The van der Waals surface area contributed by atoms with Crippen LogP contribution in [0.1, 0.15) is 46.5 Å². The summed E-state index contributed by atoms with van der Waals surface area (Å²) in [5, 5.41) is 9.03. The lowest BCUT2D eigenvalue weighted by Gasteiger charge is -2.34. The van der Waals surface area contributed by atoms with Crippen LogP contribution in [-0.2, 0) is 9.47 Å². The van der Waals surface area contributed by atoms with Crippen molar-refractivity contribution in [2.45, 2.75) is 46.5 Å². The molecule has 0 aliphatic rings. The average molecular weight is 291 g/mol. The van der Waals surface area contributed by atoms with E-state index in [9.17, 15) is 0 Å². The second-order valence-corrected chi connectivity index (χ2v) is 5.15. The van der Waals surface area contributed by atoms with Crippen LogP contribution in [0.4, 0.5) is 4.79 Å². The summed E-state index contributed by atoms with van der Waals surface area (Å²) in [6.45, 7) is 12.2. The number of nitrogens with zero attached hydrogens (tertiary/aromatic N) is 1. The molecule has 0 aliphatic carbocycles. The molecule has 0 bridgehead atoms. The van der Waals surface area contributed by atoms with Crippen molar-refractivity contribution >= 4 is 6.16 Å². The first kappa shape index (κ1) is 21.5. The van der Waals surface area contributed by atoms with Crippen LogP contribution in [0.15, 0.2) is 0 Å². The molecule has 0 rings (SSSR count). The van der Waals surface area contributed by atoms with Gasteiger partial charge in [-0.25, -0.2) is 0 Å². The van der Waals surface area contributed by atoms with Gasteiger partial charge in [-0.3, -0.25) is 0 Å². The molecule has 5 nitrogen and oxygen atoms in total. The quantitative estimate of drug-likeness (QED) is 0.351. The fraction of sp³-hybridized carbons (Fsp3) is 0.933. The number of hydrogen-bond donors (Lipinski definition) is 0. The standard InChI is InChI=1S/C13H30NO.C2H4O3/c1-5-8-10-14(4,11-9-6-2)12-13-15-7-3;1-5-2(3)4/h5-13H2,1-4H3;1H3,(H,3,4)/q+1;/p-1. The van der Waals surface area contributed by atoms with E-state index in [1.807, 2.05) is 0 Å². The van der Waals surface area contributed by atoms with E-state index in [1.165, 1.54) is 49.8 Å². The second-order valence-electron chi connectivity index (χ2n) is 5.15. The highest BCUT2D eigenvalue weighted by molar-refractivity contribution is 5.53. The summed E-state index contributed by atoms with van der Waals surface area (Å²) in [6, 6.07) is 0. The Labute approximate surface area is 124 Å². The normalized spacial score (nSPS) is 10.7. The minimum absolute atomic E-state index is 0.849. The molecular weight excluding hydrogens is 258 g/mol. The Bertz CT molecular complexity index is 214. The van der Waals surface area contributed by atoms with Gasteiger partial charge in [0.25, 0.3) is 6.16 Å². The highest BCUT2D eigenvalue weighted by Gasteiger charge is 2.19. The third kappa shape index (κ3) is 15.2. The molecule has 0 N–H and O–H groups in total. The van der Waals surface area contributed by atoms with Gasteiger partial charge in [-0.05, 0) is 19.8 Å². The topological polar surface area (TPSA) is 58.6 Å². The number of carboxylic acid groups (broad SMARTS) is 1. The Morgan fingerprint density at radius 3 is 1.80 bits per heavy atom. The van der Waals surface area contributed by atoms with Gasteiger partial charge in [0, 0.05) is 13.7 Å². The van der Waals surface area contributed by atoms with Crippen molar-refractivity contribution in [1.29, 1.82) is 0 Å². The molecular formula is C15H33NO4. The Balaban J connectivity index is 0. The molecule has 5 heteroatoms. The fourth-order valence-corrected chi connectivity index (χ4v) is 1.84. The summed E-state index contributed by atoms with van der Waals surface area (Å²) < 4.78 is 10.2. The lowest BCUT2D eigenvalue weighted by atomic mass is 10.2. The van der Waals surface area contributed by atoms with Gasteiger partial charge in [0.1, 0.15) is 6.54 Å². The second kappa shape index (κ2) is 14.6. The van der Waals surface area contributed by atoms with Crippen molar-refractivity contribution in [2.24, 2.45) is 0 Å². The third-order valence-electron chi connectivity index (χ3n) is 3.25. The molecule has 0 aliphatic heterocycles. The van der Waals surface area contributed by atoms with E-state index in [1.54, 1.807) is 0 Å². The van der Waals surface area contributed by atoms with E-state index in [0.717, 1.165) is 20.3 Å². The van der Waals surface area contributed by atoms with Gasteiger partial charge in [0.05, 0.1) is 26.7 Å². The van der Waals surface area contributed by atoms with Gasteiger partial charge in [0.2, 0.25) is 0 Å². The summed E-state index contributed by atoms with van der Waals surface area (Å²) in [6.07, 6.45) is 3.78. The minimum atomic E-state index is -1.50. The minimum Gasteiger partial charge on any atom is -0.553 e. The van der Waals surface area contributed by atoms with E-state index in [0.29, 0.717) is 0 Å². The average Bonchev–Trinajstić information content (AvgIpc) is 2.44. The predicted octanol–water partition coefficient (Wildman–Crippen LogP) is 2.05. The number of carbonyl (C=O) groups excluding carboxylic acids is 1. The zero-order valence-electron chi connectivity index (χ0n) is 13.9. The molecule has 0 aromatic heterocycles. The lowest BCUT2D eigenvalue weighted by molar-refractivity contribution is -0.910. The first-order valence-electron chi connectivity index (χ1n) is 7.62.